The molecule has 1 aromatic heterocycles. The van der Waals surface area contributed by atoms with E-state index in [1.54, 1.807) is 18.2 Å². The first kappa shape index (κ1) is 19.4. The highest BCUT2D eigenvalue weighted by Gasteiger charge is 2.35. The zero-order chi connectivity index (χ0) is 21.5. The number of carboxylic acid groups (broad SMARTS) is 1. The largest absolute Gasteiger partial charge is 0.478 e. The lowest BCUT2D eigenvalue weighted by molar-refractivity contribution is -0.140. The molecule has 3 aromatic carbocycles. The summed E-state index contributed by atoms with van der Waals surface area (Å²) in [6.07, 6.45) is -4.82. The number of ether oxygens (including phenoxy) is 1. The summed E-state index contributed by atoms with van der Waals surface area (Å²) in [6.45, 7) is 0. The molecular weight excluding hydrogens is 404 g/mol. The van der Waals surface area contributed by atoms with Crippen molar-refractivity contribution in [3.8, 4) is 22.9 Å². The van der Waals surface area contributed by atoms with Crippen LogP contribution in [-0.2, 0) is 6.18 Å². The minimum absolute atomic E-state index is 0.104. The van der Waals surface area contributed by atoms with Crippen LogP contribution >= 0.6 is 0 Å². The molecule has 0 radical (unpaired) electrons. The first-order chi connectivity index (χ1) is 14.2. The van der Waals surface area contributed by atoms with Gasteiger partial charge < -0.3 is 14.8 Å². The fourth-order valence-electron chi connectivity index (χ4n) is 2.89. The van der Waals surface area contributed by atoms with Crippen LogP contribution in [0.3, 0.4) is 0 Å². The van der Waals surface area contributed by atoms with Gasteiger partial charge in [0, 0.05) is 5.56 Å². The van der Waals surface area contributed by atoms with E-state index in [9.17, 15) is 22.4 Å². The zero-order valence-electron chi connectivity index (χ0n) is 15.0. The van der Waals surface area contributed by atoms with Gasteiger partial charge in [-0.25, -0.2) is 14.2 Å². The number of nitrogens with one attached hydrogen (secondary N) is 1. The number of imidazole rings is 1. The van der Waals surface area contributed by atoms with Gasteiger partial charge in [0.1, 0.15) is 11.6 Å². The quantitative estimate of drug-likeness (QED) is 0.408. The van der Waals surface area contributed by atoms with Crippen LogP contribution in [0.4, 0.5) is 17.6 Å². The Bertz CT molecular complexity index is 1250. The van der Waals surface area contributed by atoms with Gasteiger partial charge in [0.2, 0.25) is 0 Å². The molecule has 0 aliphatic carbocycles. The molecule has 9 heteroatoms. The standard InChI is InChI=1S/C21H12F4N2O3/c22-18-14(21(23,24)25)2-1-3-17(18)30-13-7-4-11(5-8-13)19-26-15-9-6-12(20(28)29)10-16(15)27-19/h1-10H,(H,26,27)(H,28,29). The molecule has 0 amide bonds. The summed E-state index contributed by atoms with van der Waals surface area (Å²) in [5.74, 6) is -2.49. The molecule has 0 fully saturated rings. The monoisotopic (exact) mass is 416 g/mol. The third-order valence-corrected chi connectivity index (χ3v) is 4.35. The molecule has 1 heterocycles. The lowest BCUT2D eigenvalue weighted by Gasteiger charge is -2.12. The normalized spacial score (nSPS) is 11.6. The van der Waals surface area contributed by atoms with E-state index in [2.05, 4.69) is 9.97 Å². The molecule has 0 spiro atoms. The van der Waals surface area contributed by atoms with Crippen molar-refractivity contribution in [3.63, 3.8) is 0 Å². The molecule has 0 aliphatic rings. The van der Waals surface area contributed by atoms with Crippen LogP contribution in [0.25, 0.3) is 22.4 Å². The van der Waals surface area contributed by atoms with Crippen LogP contribution in [0.2, 0.25) is 0 Å². The minimum atomic E-state index is -4.82. The van der Waals surface area contributed by atoms with E-state index in [-0.39, 0.29) is 11.3 Å². The third kappa shape index (κ3) is 3.69. The van der Waals surface area contributed by atoms with E-state index in [4.69, 9.17) is 9.84 Å². The van der Waals surface area contributed by atoms with Gasteiger partial charge in [0.05, 0.1) is 22.2 Å². The van der Waals surface area contributed by atoms with E-state index in [1.807, 2.05) is 0 Å². The van der Waals surface area contributed by atoms with Gasteiger partial charge in [-0.2, -0.15) is 13.2 Å². The Morgan fingerprint density at radius 1 is 1.03 bits per heavy atom. The van der Waals surface area contributed by atoms with E-state index in [1.165, 1.54) is 24.3 Å². The number of carbonyl (C=O) groups is 1. The van der Waals surface area contributed by atoms with Crippen LogP contribution in [0.1, 0.15) is 15.9 Å². The maximum Gasteiger partial charge on any atom is 0.419 e. The summed E-state index contributed by atoms with van der Waals surface area (Å²) < 4.78 is 57.9. The van der Waals surface area contributed by atoms with Gasteiger partial charge in [-0.15, -0.1) is 0 Å². The van der Waals surface area contributed by atoms with Crippen LogP contribution < -0.4 is 4.74 Å². The molecule has 152 valence electrons. The van der Waals surface area contributed by atoms with Gasteiger partial charge in [-0.05, 0) is 54.6 Å². The Balaban J connectivity index is 1.59. The topological polar surface area (TPSA) is 75.2 Å². The van der Waals surface area contributed by atoms with Gasteiger partial charge in [0.25, 0.3) is 0 Å². The van der Waals surface area contributed by atoms with Crippen LogP contribution in [0, 0.1) is 5.82 Å². The van der Waals surface area contributed by atoms with Gasteiger partial charge >= 0.3 is 12.1 Å². The molecule has 0 atom stereocenters. The number of carboxylic acids is 1. The number of alkyl halides is 3. The molecule has 4 rings (SSSR count). The molecule has 4 aromatic rings. The molecule has 0 unspecified atom stereocenters. The number of hydrogen-bond donors (Lipinski definition) is 2. The number of benzene rings is 3. The fourth-order valence-corrected chi connectivity index (χ4v) is 2.89. The van der Waals surface area contributed by atoms with Crippen molar-refractivity contribution in [2.75, 3.05) is 0 Å². The van der Waals surface area contributed by atoms with Crippen molar-refractivity contribution in [1.29, 1.82) is 0 Å². The van der Waals surface area contributed by atoms with Gasteiger partial charge in [0.15, 0.2) is 11.6 Å². The Morgan fingerprint density at radius 3 is 2.43 bits per heavy atom. The van der Waals surface area contributed by atoms with E-state index < -0.39 is 29.3 Å². The first-order valence-corrected chi connectivity index (χ1v) is 8.59. The van der Waals surface area contributed by atoms with Crippen molar-refractivity contribution in [1.82, 2.24) is 9.97 Å². The van der Waals surface area contributed by atoms with E-state index in [0.29, 0.717) is 28.5 Å². The Labute approximate surface area is 166 Å². The lowest BCUT2D eigenvalue weighted by atomic mass is 10.2. The second-order valence-corrected chi connectivity index (χ2v) is 6.36. The Hall–Kier alpha value is -3.88. The maximum absolute atomic E-state index is 14.1. The predicted octanol–water partition coefficient (Wildman–Crippen LogP) is 5.88. The number of halogens is 4. The highest BCUT2D eigenvalue weighted by Crippen LogP contribution is 2.36. The first-order valence-electron chi connectivity index (χ1n) is 8.59. The maximum atomic E-state index is 14.1. The Morgan fingerprint density at radius 2 is 1.77 bits per heavy atom. The number of aromatic amines is 1. The van der Waals surface area contributed by atoms with Crippen molar-refractivity contribution in [2.24, 2.45) is 0 Å². The second kappa shape index (κ2) is 7.18. The fraction of sp³-hybridized carbons (Fsp3) is 0.0476. The molecule has 2 N–H and O–H groups in total. The van der Waals surface area contributed by atoms with E-state index in [0.717, 1.165) is 12.1 Å². The molecular formula is C21H12F4N2O3. The highest BCUT2D eigenvalue weighted by molar-refractivity contribution is 5.93. The summed E-state index contributed by atoms with van der Waals surface area (Å²) in [5, 5.41) is 9.06. The van der Waals surface area contributed by atoms with Crippen molar-refractivity contribution < 1.29 is 32.2 Å². The predicted molar refractivity (Wildman–Crippen MR) is 100.0 cm³/mol. The number of aromatic carboxylic acids is 1. The number of rotatable bonds is 4. The number of H-pyrrole nitrogens is 1. The lowest BCUT2D eigenvalue weighted by Crippen LogP contribution is -2.08. The summed E-state index contributed by atoms with van der Waals surface area (Å²) in [4.78, 5) is 18.5. The van der Waals surface area contributed by atoms with Crippen molar-refractivity contribution in [3.05, 3.63) is 77.6 Å². The van der Waals surface area contributed by atoms with E-state index >= 15 is 0 Å². The van der Waals surface area contributed by atoms with Crippen LogP contribution in [-0.4, -0.2) is 21.0 Å². The summed E-state index contributed by atoms with van der Waals surface area (Å²) in [7, 11) is 0. The zero-order valence-corrected chi connectivity index (χ0v) is 15.0. The SMILES string of the molecule is O=C(O)c1ccc2[nH]c(-c3ccc(Oc4cccc(C(F)(F)F)c4F)cc3)nc2c1. The smallest absolute Gasteiger partial charge is 0.419 e. The third-order valence-electron chi connectivity index (χ3n) is 4.35. The summed E-state index contributed by atoms with van der Waals surface area (Å²) in [5.41, 5.74) is 0.435. The number of nitrogens with zero attached hydrogens (tertiary/aromatic N) is 1. The molecule has 0 bridgehead atoms. The molecule has 0 saturated heterocycles. The van der Waals surface area contributed by atoms with Crippen molar-refractivity contribution >= 4 is 17.0 Å². The van der Waals surface area contributed by atoms with Crippen LogP contribution in [0.15, 0.2) is 60.7 Å². The Kier molecular flexibility index (Phi) is 4.65. The van der Waals surface area contributed by atoms with Gasteiger partial charge in [-0.3, -0.25) is 0 Å². The van der Waals surface area contributed by atoms with Crippen LogP contribution in [0.5, 0.6) is 11.5 Å². The average molecular weight is 416 g/mol. The summed E-state index contributed by atoms with van der Waals surface area (Å²) in [6, 6.07) is 13.4. The van der Waals surface area contributed by atoms with Crippen molar-refractivity contribution in [2.45, 2.75) is 6.18 Å². The van der Waals surface area contributed by atoms with Gasteiger partial charge in [-0.1, -0.05) is 6.07 Å². The molecule has 0 aliphatic heterocycles. The highest BCUT2D eigenvalue weighted by atomic mass is 19.4. The molecule has 5 nitrogen and oxygen atoms in total. The number of hydrogen-bond acceptors (Lipinski definition) is 3. The summed E-state index contributed by atoms with van der Waals surface area (Å²) >= 11 is 0. The minimum Gasteiger partial charge on any atom is -0.478 e. The number of fused-ring (bicyclic) bond motifs is 1. The molecule has 30 heavy (non-hydrogen) atoms. The average Bonchev–Trinajstić information content (AvgIpc) is 3.12. The number of aromatic nitrogens is 2. The molecule has 0 saturated carbocycles. The second-order valence-electron chi connectivity index (χ2n) is 6.36.